The minimum Gasteiger partial charge on any atom is -0.246 e. The lowest BCUT2D eigenvalue weighted by Crippen LogP contribution is -1.96. The van der Waals surface area contributed by atoms with Crippen molar-refractivity contribution in [1.82, 2.24) is 4.98 Å². The maximum absolute atomic E-state index is 4.52. The van der Waals surface area contributed by atoms with Crippen molar-refractivity contribution in [2.45, 2.75) is 93.9 Å². The first-order valence-corrected chi connectivity index (χ1v) is 8.99. The van der Waals surface area contributed by atoms with Gasteiger partial charge in [0.2, 0.25) is 0 Å². The normalized spacial score (nSPS) is 9.95. The molecule has 1 rings (SSSR count). The molecule has 0 radical (unpaired) electrons. The molecule has 0 saturated carbocycles. The predicted octanol–water partition coefficient (Wildman–Crippen LogP) is 7.21. The number of nitrogens with zero attached hydrogens (tertiary/aromatic N) is 1. The van der Waals surface area contributed by atoms with Crippen LogP contribution in [0, 0.1) is 6.92 Å². The van der Waals surface area contributed by atoms with Crippen LogP contribution in [-0.4, -0.2) is 4.98 Å². The highest BCUT2D eigenvalue weighted by Crippen LogP contribution is 2.25. The minimum absolute atomic E-state index is 0.694. The number of hydrogen-bond donors (Lipinski definition) is 0. The van der Waals surface area contributed by atoms with Crippen LogP contribution >= 0.6 is 11.3 Å². The molecule has 0 aliphatic rings. The van der Waals surface area contributed by atoms with Gasteiger partial charge in [0.05, 0.1) is 10.7 Å². The van der Waals surface area contributed by atoms with Gasteiger partial charge in [0.25, 0.3) is 0 Å². The molecule has 0 aromatic carbocycles. The summed E-state index contributed by atoms with van der Waals surface area (Å²) in [6.07, 6.45) is 5.01. The van der Waals surface area contributed by atoms with Crippen LogP contribution in [0.5, 0.6) is 0 Å². The summed E-state index contributed by atoms with van der Waals surface area (Å²) in [7, 11) is 0. The average molecular weight is 288 g/mol. The highest BCUT2D eigenvalue weighted by molar-refractivity contribution is 7.09. The van der Waals surface area contributed by atoms with Crippen molar-refractivity contribution in [2.24, 2.45) is 0 Å². The molecule has 0 saturated heterocycles. The second kappa shape index (κ2) is 20.0. The van der Waals surface area contributed by atoms with Gasteiger partial charge >= 0.3 is 0 Å². The van der Waals surface area contributed by atoms with E-state index >= 15 is 0 Å². The van der Waals surface area contributed by atoms with E-state index in [1.807, 2.05) is 27.7 Å². The first kappa shape index (κ1) is 23.7. The van der Waals surface area contributed by atoms with E-state index in [0.717, 1.165) is 0 Å². The molecule has 0 amide bonds. The van der Waals surface area contributed by atoms with Gasteiger partial charge in [0.1, 0.15) is 0 Å². The van der Waals surface area contributed by atoms with Crippen LogP contribution in [0.1, 0.15) is 97.7 Å². The Hall–Kier alpha value is -0.370. The minimum atomic E-state index is 0.694. The average Bonchev–Trinajstić information content (AvgIpc) is 2.88. The van der Waals surface area contributed by atoms with Crippen molar-refractivity contribution in [3.05, 3.63) is 16.1 Å². The lowest BCUT2D eigenvalue weighted by atomic mass is 9.98. The highest BCUT2D eigenvalue weighted by Gasteiger charge is 2.10. The van der Waals surface area contributed by atoms with Crippen LogP contribution in [0.4, 0.5) is 0 Å². The van der Waals surface area contributed by atoms with Gasteiger partial charge in [-0.25, -0.2) is 4.98 Å². The molecule has 0 spiro atoms. The summed E-state index contributed by atoms with van der Waals surface area (Å²) in [5.74, 6) is 0.694. The summed E-state index contributed by atoms with van der Waals surface area (Å²) in [6.45, 7) is 18.8. The summed E-state index contributed by atoms with van der Waals surface area (Å²) in [4.78, 5) is 4.52. The molecule has 1 aromatic heterocycles. The fourth-order valence-corrected chi connectivity index (χ4v) is 2.17. The van der Waals surface area contributed by atoms with Crippen molar-refractivity contribution in [1.29, 1.82) is 0 Å². The second-order valence-electron chi connectivity index (χ2n) is 3.89. The number of rotatable bonds is 4. The van der Waals surface area contributed by atoms with E-state index < -0.39 is 0 Å². The van der Waals surface area contributed by atoms with Crippen LogP contribution in [-0.2, 0) is 0 Å². The first-order valence-electron chi connectivity index (χ1n) is 8.11. The Kier molecular flexibility index (Phi) is 24.9. The van der Waals surface area contributed by atoms with Gasteiger partial charge in [0.15, 0.2) is 0 Å². The monoisotopic (exact) mass is 287 g/mol. The highest BCUT2D eigenvalue weighted by atomic mass is 32.1. The fraction of sp³-hybridized carbons (Fsp3) is 0.824. The van der Waals surface area contributed by atoms with Crippen molar-refractivity contribution >= 4 is 11.3 Å². The first-order chi connectivity index (χ1) is 9.19. The standard InChI is InChI=1S/C10H17NS.C3H8.2C2H6/c1-4-6-9(5-2)10-7-12-8(3)11-10;1-3-2;2*1-2/h7,9H,4-6H2,1-3H3;3H2,1-2H3;2*1-2H3. The van der Waals surface area contributed by atoms with Crippen molar-refractivity contribution < 1.29 is 0 Å². The van der Waals surface area contributed by atoms with Crippen LogP contribution in [0.2, 0.25) is 0 Å². The van der Waals surface area contributed by atoms with E-state index in [-0.39, 0.29) is 0 Å². The van der Waals surface area contributed by atoms with Gasteiger partial charge < -0.3 is 0 Å². The maximum atomic E-state index is 4.52. The molecule has 1 aromatic rings. The molecule has 2 heteroatoms. The summed E-state index contributed by atoms with van der Waals surface area (Å²) in [5, 5.41) is 3.40. The van der Waals surface area contributed by atoms with Gasteiger partial charge in [0, 0.05) is 11.3 Å². The Bertz CT molecular complexity index is 243. The summed E-state index contributed by atoms with van der Waals surface area (Å²) in [6, 6.07) is 0. The van der Waals surface area contributed by atoms with Gasteiger partial charge in [-0.05, 0) is 19.8 Å². The lowest BCUT2D eigenvalue weighted by Gasteiger charge is -2.09. The third-order valence-electron chi connectivity index (χ3n) is 2.18. The van der Waals surface area contributed by atoms with E-state index in [1.54, 1.807) is 11.3 Å². The molecule has 0 N–H and O–H groups in total. The van der Waals surface area contributed by atoms with E-state index in [4.69, 9.17) is 0 Å². The van der Waals surface area contributed by atoms with Crippen LogP contribution in [0.15, 0.2) is 5.38 Å². The van der Waals surface area contributed by atoms with Gasteiger partial charge in [-0.15, -0.1) is 11.3 Å². The number of hydrogen-bond acceptors (Lipinski definition) is 2. The molecular formula is C17H37NS. The SMILES string of the molecule is CC.CC.CCC.CCCC(CC)c1csc(C)n1. The molecule has 0 bridgehead atoms. The zero-order valence-corrected chi connectivity index (χ0v) is 15.7. The molecule has 0 aliphatic carbocycles. The molecule has 19 heavy (non-hydrogen) atoms. The van der Waals surface area contributed by atoms with Crippen LogP contribution in [0.25, 0.3) is 0 Å². The largest absolute Gasteiger partial charge is 0.246 e. The molecule has 0 aliphatic heterocycles. The molecule has 1 heterocycles. The molecule has 0 fully saturated rings. The Morgan fingerprint density at radius 3 is 1.79 bits per heavy atom. The number of aromatic nitrogens is 1. The Balaban J connectivity index is -0.000000313. The quantitative estimate of drug-likeness (QED) is 0.570. The summed E-state index contributed by atoms with van der Waals surface area (Å²) in [5.41, 5.74) is 1.31. The Labute approximate surface area is 126 Å². The summed E-state index contributed by atoms with van der Waals surface area (Å²) < 4.78 is 0. The molecule has 1 nitrogen and oxygen atoms in total. The zero-order valence-electron chi connectivity index (χ0n) is 14.8. The molecule has 116 valence electrons. The molecule has 1 atom stereocenters. The third-order valence-corrected chi connectivity index (χ3v) is 2.98. The van der Waals surface area contributed by atoms with Crippen molar-refractivity contribution in [3.63, 3.8) is 0 Å². The summed E-state index contributed by atoms with van der Waals surface area (Å²) >= 11 is 1.76. The van der Waals surface area contributed by atoms with Crippen LogP contribution in [0.3, 0.4) is 0 Å². The second-order valence-corrected chi connectivity index (χ2v) is 4.95. The van der Waals surface area contributed by atoms with E-state index in [0.29, 0.717) is 5.92 Å². The molecular weight excluding hydrogens is 250 g/mol. The van der Waals surface area contributed by atoms with Crippen molar-refractivity contribution in [2.75, 3.05) is 0 Å². The Morgan fingerprint density at radius 1 is 1.05 bits per heavy atom. The maximum Gasteiger partial charge on any atom is 0.0897 e. The Morgan fingerprint density at radius 2 is 1.53 bits per heavy atom. The number of thiazole rings is 1. The van der Waals surface area contributed by atoms with E-state index in [9.17, 15) is 0 Å². The lowest BCUT2D eigenvalue weighted by molar-refractivity contribution is 0.583. The smallest absolute Gasteiger partial charge is 0.0897 e. The fourth-order valence-electron chi connectivity index (χ4n) is 1.48. The van der Waals surface area contributed by atoms with Crippen LogP contribution < -0.4 is 0 Å². The van der Waals surface area contributed by atoms with E-state index in [2.05, 4.69) is 45.0 Å². The van der Waals surface area contributed by atoms with Gasteiger partial charge in [-0.1, -0.05) is 68.2 Å². The predicted molar refractivity (Wildman–Crippen MR) is 93.5 cm³/mol. The van der Waals surface area contributed by atoms with Gasteiger partial charge in [-0.2, -0.15) is 0 Å². The topological polar surface area (TPSA) is 12.9 Å². The van der Waals surface area contributed by atoms with Gasteiger partial charge in [-0.3, -0.25) is 0 Å². The third kappa shape index (κ3) is 13.9. The zero-order chi connectivity index (χ0) is 15.7. The molecule has 1 unspecified atom stereocenters. The van der Waals surface area contributed by atoms with E-state index in [1.165, 1.54) is 36.4 Å². The van der Waals surface area contributed by atoms with Crippen molar-refractivity contribution in [3.8, 4) is 0 Å². The number of aryl methyl sites for hydroxylation is 1.